The van der Waals surface area contributed by atoms with E-state index in [1.807, 2.05) is 18.2 Å². The molecule has 1 aliphatic carbocycles. The maximum atomic E-state index is 12.2. The lowest BCUT2D eigenvalue weighted by molar-refractivity contribution is 0.504. The predicted molar refractivity (Wildman–Crippen MR) is 77.3 cm³/mol. The molecule has 0 amide bonds. The molecule has 0 radical (unpaired) electrons. The van der Waals surface area contributed by atoms with Crippen molar-refractivity contribution in [1.82, 2.24) is 0 Å². The van der Waals surface area contributed by atoms with Crippen molar-refractivity contribution in [1.29, 1.82) is 0 Å². The third-order valence-corrected chi connectivity index (χ3v) is 5.50. The van der Waals surface area contributed by atoms with Crippen LogP contribution in [0.5, 0.6) is 0 Å². The van der Waals surface area contributed by atoms with Crippen LogP contribution in [0.4, 0.5) is 5.69 Å². The van der Waals surface area contributed by atoms with E-state index < -0.39 is 10.8 Å². The van der Waals surface area contributed by atoms with Crippen LogP contribution in [0.25, 0.3) is 0 Å². The van der Waals surface area contributed by atoms with Crippen LogP contribution in [0, 0.1) is 0 Å². The minimum absolute atomic E-state index is 0.393. The summed E-state index contributed by atoms with van der Waals surface area (Å²) in [6.07, 6.45) is 6.01. The van der Waals surface area contributed by atoms with Gasteiger partial charge in [0.25, 0.3) is 0 Å². The Balaban J connectivity index is 2.01. The van der Waals surface area contributed by atoms with Crippen molar-refractivity contribution in [3.05, 3.63) is 28.2 Å². The highest BCUT2D eigenvalue weighted by molar-refractivity contribution is 9.10. The number of benzene rings is 1. The molecule has 1 saturated carbocycles. The fourth-order valence-electron chi connectivity index (χ4n) is 2.37. The van der Waals surface area contributed by atoms with Crippen molar-refractivity contribution < 1.29 is 4.21 Å². The Morgan fingerprint density at radius 3 is 2.59 bits per heavy atom. The van der Waals surface area contributed by atoms with E-state index in [9.17, 15) is 4.21 Å². The molecule has 1 atom stereocenters. The number of hydrogen-bond donors (Lipinski definition) is 1. The highest BCUT2D eigenvalue weighted by Gasteiger charge is 2.19. The molecule has 1 aromatic rings. The molecule has 17 heavy (non-hydrogen) atoms. The van der Waals surface area contributed by atoms with E-state index in [1.165, 1.54) is 19.3 Å². The third-order valence-electron chi connectivity index (χ3n) is 3.21. The zero-order valence-corrected chi connectivity index (χ0v) is 12.2. The van der Waals surface area contributed by atoms with Crippen molar-refractivity contribution in [2.45, 2.75) is 43.1 Å². The number of nitrogens with two attached hydrogens (primary N) is 1. The van der Waals surface area contributed by atoms with E-state index in [2.05, 4.69) is 15.9 Å². The molecule has 94 valence electrons. The van der Waals surface area contributed by atoms with Crippen LogP contribution in [0.1, 0.15) is 37.7 Å². The van der Waals surface area contributed by atoms with Gasteiger partial charge < -0.3 is 5.73 Å². The summed E-state index contributed by atoms with van der Waals surface area (Å²) in [7, 11) is -0.750. The average molecular weight is 316 g/mol. The largest absolute Gasteiger partial charge is 0.399 e. The predicted octanol–water partition coefficient (Wildman–Crippen LogP) is 3.61. The lowest BCUT2D eigenvalue weighted by Gasteiger charge is -2.21. The van der Waals surface area contributed by atoms with E-state index in [0.717, 1.165) is 28.6 Å². The average Bonchev–Trinajstić information content (AvgIpc) is 2.28. The molecule has 1 unspecified atom stereocenters. The van der Waals surface area contributed by atoms with E-state index in [-0.39, 0.29) is 0 Å². The van der Waals surface area contributed by atoms with Gasteiger partial charge in [-0.15, -0.1) is 0 Å². The molecule has 0 aliphatic heterocycles. The van der Waals surface area contributed by atoms with Gasteiger partial charge in [-0.3, -0.25) is 4.21 Å². The van der Waals surface area contributed by atoms with Crippen LogP contribution < -0.4 is 5.73 Å². The fourth-order valence-corrected chi connectivity index (χ4v) is 4.52. The van der Waals surface area contributed by atoms with Gasteiger partial charge in [-0.1, -0.05) is 35.2 Å². The van der Waals surface area contributed by atoms with Gasteiger partial charge in [-0.25, -0.2) is 0 Å². The lowest BCUT2D eigenvalue weighted by atomic mass is 10.0. The van der Waals surface area contributed by atoms with E-state index in [4.69, 9.17) is 5.73 Å². The molecule has 0 heterocycles. The second-order valence-corrected chi connectivity index (χ2v) is 7.31. The van der Waals surface area contributed by atoms with Gasteiger partial charge >= 0.3 is 0 Å². The zero-order chi connectivity index (χ0) is 12.3. The first kappa shape index (κ1) is 13.1. The van der Waals surface area contributed by atoms with Crippen LogP contribution in [0.15, 0.2) is 22.7 Å². The number of rotatable bonds is 3. The molecular formula is C13H18BrNOS. The minimum Gasteiger partial charge on any atom is -0.399 e. The Kier molecular flexibility index (Phi) is 4.62. The smallest absolute Gasteiger partial charge is 0.0489 e. The Morgan fingerprint density at radius 1 is 1.24 bits per heavy atom. The maximum absolute atomic E-state index is 12.2. The van der Waals surface area contributed by atoms with Crippen LogP contribution >= 0.6 is 15.9 Å². The summed E-state index contributed by atoms with van der Waals surface area (Å²) in [4.78, 5) is 0. The number of nitrogen functional groups attached to an aromatic ring is 1. The molecule has 2 N–H and O–H groups in total. The van der Waals surface area contributed by atoms with E-state index >= 15 is 0 Å². The molecule has 0 spiro atoms. The normalized spacial score (nSPS) is 19.1. The van der Waals surface area contributed by atoms with Crippen molar-refractivity contribution in [2.75, 3.05) is 5.73 Å². The Labute approximate surface area is 114 Å². The molecule has 0 aromatic heterocycles. The molecule has 4 heteroatoms. The van der Waals surface area contributed by atoms with Gasteiger partial charge in [0.1, 0.15) is 0 Å². The molecule has 1 aliphatic rings. The fraction of sp³-hybridized carbons (Fsp3) is 0.538. The number of halogens is 1. The first-order chi connectivity index (χ1) is 8.15. The number of hydrogen-bond acceptors (Lipinski definition) is 2. The molecule has 2 nitrogen and oxygen atoms in total. The SMILES string of the molecule is Nc1cc(Br)cc(CS(=O)C2CCCCC2)c1. The quantitative estimate of drug-likeness (QED) is 0.866. The Hall–Kier alpha value is -0.350. The molecule has 0 saturated heterocycles. The maximum Gasteiger partial charge on any atom is 0.0489 e. The summed E-state index contributed by atoms with van der Waals surface area (Å²) < 4.78 is 13.2. The summed E-state index contributed by atoms with van der Waals surface area (Å²) in [5.41, 5.74) is 7.59. The van der Waals surface area contributed by atoms with Gasteiger partial charge in [-0.05, 0) is 36.6 Å². The first-order valence-corrected chi connectivity index (χ1v) is 8.25. The van der Waals surface area contributed by atoms with Gasteiger partial charge in [0.05, 0.1) is 0 Å². The van der Waals surface area contributed by atoms with Gasteiger partial charge in [0.2, 0.25) is 0 Å². The third kappa shape index (κ3) is 3.81. The standard InChI is InChI=1S/C13H18BrNOS/c14-11-6-10(7-12(15)8-11)9-17(16)13-4-2-1-3-5-13/h6-8,13H,1-5,9,15H2. The van der Waals surface area contributed by atoms with Crippen molar-refractivity contribution >= 4 is 32.4 Å². The molecular weight excluding hydrogens is 298 g/mol. The van der Waals surface area contributed by atoms with Crippen LogP contribution in [0.2, 0.25) is 0 Å². The summed E-state index contributed by atoms with van der Waals surface area (Å²) in [5.74, 6) is 0.633. The summed E-state index contributed by atoms with van der Waals surface area (Å²) in [6, 6.07) is 5.80. The first-order valence-electron chi connectivity index (χ1n) is 6.07. The Morgan fingerprint density at radius 2 is 1.94 bits per heavy atom. The zero-order valence-electron chi connectivity index (χ0n) is 9.82. The van der Waals surface area contributed by atoms with Crippen molar-refractivity contribution in [2.24, 2.45) is 0 Å². The number of anilines is 1. The monoisotopic (exact) mass is 315 g/mol. The van der Waals surface area contributed by atoms with Crippen molar-refractivity contribution in [3.63, 3.8) is 0 Å². The second-order valence-electron chi connectivity index (χ2n) is 4.68. The molecule has 1 fully saturated rings. The van der Waals surface area contributed by atoms with Crippen molar-refractivity contribution in [3.8, 4) is 0 Å². The van der Waals surface area contributed by atoms with E-state index in [1.54, 1.807) is 0 Å². The van der Waals surface area contributed by atoms with E-state index in [0.29, 0.717) is 11.0 Å². The molecule has 2 rings (SSSR count). The summed E-state index contributed by atoms with van der Waals surface area (Å²) in [5, 5.41) is 0.393. The minimum atomic E-state index is -0.750. The summed E-state index contributed by atoms with van der Waals surface area (Å²) in [6.45, 7) is 0. The van der Waals surface area contributed by atoms with Gasteiger partial charge in [0, 0.05) is 32.0 Å². The molecule has 0 bridgehead atoms. The van der Waals surface area contributed by atoms with Crippen LogP contribution in [-0.4, -0.2) is 9.46 Å². The topological polar surface area (TPSA) is 43.1 Å². The molecule has 1 aromatic carbocycles. The van der Waals surface area contributed by atoms with Gasteiger partial charge in [-0.2, -0.15) is 0 Å². The van der Waals surface area contributed by atoms with Crippen LogP contribution in [0.3, 0.4) is 0 Å². The Bertz CT molecular complexity index is 396. The summed E-state index contributed by atoms with van der Waals surface area (Å²) >= 11 is 3.42. The second kappa shape index (κ2) is 6.01. The lowest BCUT2D eigenvalue weighted by Crippen LogP contribution is -2.19. The highest BCUT2D eigenvalue weighted by atomic mass is 79.9. The highest BCUT2D eigenvalue weighted by Crippen LogP contribution is 2.25. The van der Waals surface area contributed by atoms with Crippen LogP contribution in [-0.2, 0) is 16.6 Å². The van der Waals surface area contributed by atoms with Gasteiger partial charge in [0.15, 0.2) is 0 Å².